The van der Waals surface area contributed by atoms with Gasteiger partial charge in [0.2, 0.25) is 5.91 Å². The maximum absolute atomic E-state index is 11.8. The monoisotopic (exact) mass is 218 g/mol. The number of hydrogen-bond acceptors (Lipinski definition) is 3. The summed E-state index contributed by atoms with van der Waals surface area (Å²) < 4.78 is 11.5. The predicted molar refractivity (Wildman–Crippen MR) is 57.3 cm³/mol. The molecule has 1 saturated heterocycles. The zero-order valence-corrected chi connectivity index (χ0v) is 9.39. The second-order valence-electron chi connectivity index (χ2n) is 3.55. The molecule has 1 heterocycles. The van der Waals surface area contributed by atoms with Gasteiger partial charge in [-0.2, -0.15) is 0 Å². The largest absolute Gasteiger partial charge is 0.342 e. The van der Waals surface area contributed by atoms with Crippen LogP contribution in [0.5, 0.6) is 0 Å². The molecule has 1 fully saturated rings. The van der Waals surface area contributed by atoms with Gasteiger partial charge in [0.25, 0.3) is 0 Å². The minimum absolute atomic E-state index is 0.0225. The van der Waals surface area contributed by atoms with Crippen molar-refractivity contribution in [2.75, 3.05) is 25.4 Å². The van der Waals surface area contributed by atoms with Crippen molar-refractivity contribution in [3.63, 3.8) is 0 Å². The van der Waals surface area contributed by atoms with E-state index in [0.29, 0.717) is 12.3 Å². The Hall–Kier alpha value is -0.420. The van der Waals surface area contributed by atoms with E-state index in [2.05, 4.69) is 0 Å². The number of rotatable bonds is 4. The first-order valence-corrected chi connectivity index (χ1v) is 6.41. The Bertz CT molecular complexity index is 227. The zero-order chi connectivity index (χ0) is 10.6. The normalized spacial score (nSPS) is 20.9. The molecule has 2 N–H and O–H groups in total. The first kappa shape index (κ1) is 11.7. The summed E-state index contributed by atoms with van der Waals surface area (Å²) in [6, 6.07) is 0. The maximum Gasteiger partial charge on any atom is 0.238 e. The van der Waals surface area contributed by atoms with Gasteiger partial charge in [0.05, 0.1) is 0 Å². The fourth-order valence-corrected chi connectivity index (χ4v) is 2.56. The summed E-state index contributed by atoms with van der Waals surface area (Å²) in [7, 11) is -1.11. The van der Waals surface area contributed by atoms with Crippen molar-refractivity contribution in [1.82, 2.24) is 4.90 Å². The molecule has 0 spiro atoms. The van der Waals surface area contributed by atoms with Crippen molar-refractivity contribution in [2.45, 2.75) is 25.0 Å². The van der Waals surface area contributed by atoms with E-state index in [4.69, 9.17) is 5.73 Å². The van der Waals surface area contributed by atoms with Gasteiger partial charge < -0.3 is 10.6 Å². The van der Waals surface area contributed by atoms with E-state index in [1.165, 1.54) is 0 Å². The molecule has 1 amide bonds. The minimum Gasteiger partial charge on any atom is -0.342 e. The molecule has 0 radical (unpaired) electrons. The maximum atomic E-state index is 11.8. The van der Waals surface area contributed by atoms with Crippen LogP contribution >= 0.6 is 0 Å². The van der Waals surface area contributed by atoms with Gasteiger partial charge in [-0.1, -0.05) is 0 Å². The number of carbonyl (C=O) groups excluding carboxylic acids is 1. The van der Waals surface area contributed by atoms with E-state index in [1.54, 1.807) is 11.8 Å². The molecule has 2 unspecified atom stereocenters. The third-order valence-electron chi connectivity index (χ3n) is 2.48. The molecule has 14 heavy (non-hydrogen) atoms. The van der Waals surface area contributed by atoms with Crippen LogP contribution in [0.3, 0.4) is 0 Å². The summed E-state index contributed by atoms with van der Waals surface area (Å²) in [5.74, 6) is 0.440. The molecule has 0 aromatic rings. The SMILES string of the molecule is CC(C(=O)N1CCCC1)S(=O)CCN. The molecular weight excluding hydrogens is 200 g/mol. The van der Waals surface area contributed by atoms with Crippen LogP contribution < -0.4 is 5.73 Å². The van der Waals surface area contributed by atoms with Crippen molar-refractivity contribution in [2.24, 2.45) is 5.73 Å². The van der Waals surface area contributed by atoms with Crippen LogP contribution in [0.1, 0.15) is 19.8 Å². The second kappa shape index (κ2) is 5.46. The van der Waals surface area contributed by atoms with Gasteiger partial charge >= 0.3 is 0 Å². The van der Waals surface area contributed by atoms with Gasteiger partial charge in [-0.05, 0) is 19.8 Å². The van der Waals surface area contributed by atoms with Crippen LogP contribution in [0.4, 0.5) is 0 Å². The van der Waals surface area contributed by atoms with Crippen molar-refractivity contribution >= 4 is 16.7 Å². The molecule has 0 saturated carbocycles. The first-order valence-electron chi connectivity index (χ1n) is 5.03. The highest BCUT2D eigenvalue weighted by atomic mass is 32.2. The summed E-state index contributed by atoms with van der Waals surface area (Å²) in [5.41, 5.74) is 5.30. The van der Waals surface area contributed by atoms with Gasteiger partial charge in [0, 0.05) is 36.2 Å². The zero-order valence-electron chi connectivity index (χ0n) is 8.57. The smallest absolute Gasteiger partial charge is 0.238 e. The first-order chi connectivity index (χ1) is 6.66. The molecule has 0 aromatic carbocycles. The van der Waals surface area contributed by atoms with Gasteiger partial charge in [-0.3, -0.25) is 9.00 Å². The van der Waals surface area contributed by atoms with E-state index in [-0.39, 0.29) is 5.91 Å². The highest BCUT2D eigenvalue weighted by Crippen LogP contribution is 2.11. The molecular formula is C9H18N2O2S. The summed E-state index contributed by atoms with van der Waals surface area (Å²) >= 11 is 0. The fraction of sp³-hybridized carbons (Fsp3) is 0.889. The Morgan fingerprint density at radius 2 is 2.07 bits per heavy atom. The average molecular weight is 218 g/mol. The molecule has 5 heteroatoms. The van der Waals surface area contributed by atoms with Gasteiger partial charge in [-0.15, -0.1) is 0 Å². The van der Waals surface area contributed by atoms with E-state index in [1.807, 2.05) is 0 Å². The highest BCUT2D eigenvalue weighted by Gasteiger charge is 2.26. The van der Waals surface area contributed by atoms with Crippen molar-refractivity contribution in [3.8, 4) is 0 Å². The van der Waals surface area contributed by atoms with Crippen LogP contribution in [-0.4, -0.2) is 45.7 Å². The topological polar surface area (TPSA) is 63.4 Å². The number of nitrogens with two attached hydrogens (primary N) is 1. The van der Waals surface area contributed by atoms with E-state index >= 15 is 0 Å². The van der Waals surface area contributed by atoms with Crippen molar-refractivity contribution < 1.29 is 9.00 Å². The lowest BCUT2D eigenvalue weighted by Crippen LogP contribution is -2.39. The Morgan fingerprint density at radius 1 is 1.50 bits per heavy atom. The molecule has 1 aliphatic heterocycles. The lowest BCUT2D eigenvalue weighted by Gasteiger charge is -2.19. The summed E-state index contributed by atoms with van der Waals surface area (Å²) in [6.45, 7) is 3.75. The fourth-order valence-electron chi connectivity index (χ4n) is 1.60. The molecule has 0 bridgehead atoms. The standard InChI is InChI=1S/C9H18N2O2S/c1-8(14(13)7-4-10)9(12)11-5-2-3-6-11/h8H,2-7,10H2,1H3. The van der Waals surface area contributed by atoms with Crippen LogP contribution in [0, 0.1) is 0 Å². The third kappa shape index (κ3) is 2.78. The molecule has 4 nitrogen and oxygen atoms in total. The number of amides is 1. The minimum atomic E-state index is -1.11. The molecule has 0 aliphatic carbocycles. The molecule has 1 rings (SSSR count). The highest BCUT2D eigenvalue weighted by molar-refractivity contribution is 7.86. The van der Waals surface area contributed by atoms with E-state index in [9.17, 15) is 9.00 Å². The van der Waals surface area contributed by atoms with Crippen molar-refractivity contribution in [3.05, 3.63) is 0 Å². The van der Waals surface area contributed by atoms with Gasteiger partial charge in [0.1, 0.15) is 5.25 Å². The van der Waals surface area contributed by atoms with E-state index in [0.717, 1.165) is 25.9 Å². The molecule has 1 aliphatic rings. The number of nitrogens with zero attached hydrogens (tertiary/aromatic N) is 1. The number of hydrogen-bond donors (Lipinski definition) is 1. The lowest BCUT2D eigenvalue weighted by molar-refractivity contribution is -0.129. The quantitative estimate of drug-likeness (QED) is 0.705. The number of likely N-dealkylation sites (tertiary alicyclic amines) is 1. The Balaban J connectivity index is 2.46. The molecule has 0 aromatic heterocycles. The Morgan fingerprint density at radius 3 is 2.57 bits per heavy atom. The van der Waals surface area contributed by atoms with Crippen LogP contribution in [0.2, 0.25) is 0 Å². The van der Waals surface area contributed by atoms with E-state index < -0.39 is 16.0 Å². The Labute approximate surface area is 87.3 Å². The van der Waals surface area contributed by atoms with Crippen molar-refractivity contribution in [1.29, 1.82) is 0 Å². The molecule has 82 valence electrons. The summed E-state index contributed by atoms with van der Waals surface area (Å²) in [6.07, 6.45) is 2.14. The Kier molecular flexibility index (Phi) is 4.54. The predicted octanol–water partition coefficient (Wildman–Crippen LogP) is -0.295. The van der Waals surface area contributed by atoms with Crippen LogP contribution in [0.15, 0.2) is 0 Å². The second-order valence-corrected chi connectivity index (χ2v) is 5.43. The summed E-state index contributed by atoms with van der Waals surface area (Å²) in [4.78, 5) is 13.6. The van der Waals surface area contributed by atoms with Gasteiger partial charge in [0.15, 0.2) is 0 Å². The van der Waals surface area contributed by atoms with Crippen LogP contribution in [0.25, 0.3) is 0 Å². The lowest BCUT2D eigenvalue weighted by atomic mass is 10.4. The number of carbonyl (C=O) groups is 1. The third-order valence-corrected chi connectivity index (χ3v) is 4.11. The molecule has 2 atom stereocenters. The van der Waals surface area contributed by atoms with Crippen LogP contribution in [-0.2, 0) is 15.6 Å². The average Bonchev–Trinajstić information content (AvgIpc) is 2.68. The summed E-state index contributed by atoms with van der Waals surface area (Å²) in [5, 5.41) is -0.392. The van der Waals surface area contributed by atoms with Gasteiger partial charge in [-0.25, -0.2) is 0 Å².